The van der Waals surface area contributed by atoms with E-state index in [1.54, 1.807) is 47.9 Å². The number of halogens is 8. The maximum absolute atomic E-state index is 13.3. The lowest BCUT2D eigenvalue weighted by molar-refractivity contribution is -0.139. The van der Waals surface area contributed by atoms with E-state index in [0.29, 0.717) is 30.9 Å². The summed E-state index contributed by atoms with van der Waals surface area (Å²) in [6, 6.07) is 24.5. The van der Waals surface area contributed by atoms with Crippen molar-refractivity contribution in [3.63, 3.8) is 0 Å². The molecular formula is C37H33Cl3F5N5O2. The van der Waals surface area contributed by atoms with Crippen LogP contribution >= 0.6 is 34.8 Å². The van der Waals surface area contributed by atoms with Crippen molar-refractivity contribution in [3.8, 4) is 0 Å². The Morgan fingerprint density at radius 2 is 1.23 bits per heavy atom. The number of imidazole rings is 1. The molecule has 52 heavy (non-hydrogen) atoms. The molecule has 0 radical (unpaired) electrons. The van der Waals surface area contributed by atoms with Crippen molar-refractivity contribution in [2.24, 2.45) is 4.99 Å². The molecule has 2 unspecified atom stereocenters. The van der Waals surface area contributed by atoms with Gasteiger partial charge in [-0.15, -0.1) is 0 Å². The van der Waals surface area contributed by atoms with Gasteiger partial charge in [0.25, 0.3) is 0 Å². The Balaban J connectivity index is 0.000000201. The second-order valence-electron chi connectivity index (χ2n) is 11.6. The number of alkyl halides is 6. The normalized spacial score (nSPS) is 14.4. The highest BCUT2D eigenvalue weighted by Gasteiger charge is 2.33. The average Bonchev–Trinajstić information content (AvgIpc) is 3.84. The first-order valence-electron chi connectivity index (χ1n) is 15.9. The van der Waals surface area contributed by atoms with E-state index in [2.05, 4.69) is 15.4 Å². The molecule has 15 heteroatoms. The molecule has 1 aromatic heterocycles. The summed E-state index contributed by atoms with van der Waals surface area (Å²) in [7, 11) is 0. The highest BCUT2D eigenvalue weighted by Crippen LogP contribution is 2.40. The molecule has 0 spiro atoms. The fraction of sp³-hybridized carbons (Fsp3) is 0.243. The van der Waals surface area contributed by atoms with E-state index < -0.39 is 27.5 Å². The van der Waals surface area contributed by atoms with Crippen LogP contribution in [0.25, 0.3) is 0 Å². The highest BCUT2D eigenvalue weighted by atomic mass is 35.6. The first-order chi connectivity index (χ1) is 24.9. The Kier molecular flexibility index (Phi) is 13.7. The molecule has 2 heterocycles. The Bertz CT molecular complexity index is 1860. The van der Waals surface area contributed by atoms with Gasteiger partial charge in [-0.2, -0.15) is 18.2 Å². The largest absolute Gasteiger partial charge is 0.416 e. The summed E-state index contributed by atoms with van der Waals surface area (Å²) in [5.41, 5.74) is 5.12. The number of aromatic nitrogens is 2. The van der Waals surface area contributed by atoms with Crippen molar-refractivity contribution >= 4 is 41.1 Å². The average molecular weight is 781 g/mol. The maximum atomic E-state index is 13.3. The fourth-order valence-electron chi connectivity index (χ4n) is 5.29. The second-order valence-corrected chi connectivity index (χ2v) is 13.9. The van der Waals surface area contributed by atoms with E-state index in [4.69, 9.17) is 44.3 Å². The van der Waals surface area contributed by atoms with Gasteiger partial charge in [-0.05, 0) is 52.6 Å². The molecule has 5 aromatic rings. The molecule has 1 aliphatic heterocycles. The minimum Gasteiger partial charge on any atom is -0.367 e. The van der Waals surface area contributed by atoms with Gasteiger partial charge in [0.05, 0.1) is 50.6 Å². The van der Waals surface area contributed by atoms with Gasteiger partial charge in [0, 0.05) is 18.0 Å². The van der Waals surface area contributed by atoms with Crippen LogP contribution < -0.4 is 5.43 Å². The van der Waals surface area contributed by atoms with Gasteiger partial charge in [-0.25, -0.2) is 13.8 Å². The number of nitrogens with zero attached hydrogens (tertiary/aromatic N) is 4. The van der Waals surface area contributed by atoms with Crippen LogP contribution in [0.4, 0.5) is 22.0 Å². The van der Waals surface area contributed by atoms with Gasteiger partial charge in [0.2, 0.25) is 3.79 Å². The molecule has 7 nitrogen and oxygen atoms in total. The van der Waals surface area contributed by atoms with Crippen molar-refractivity contribution in [1.82, 2.24) is 20.0 Å². The molecule has 0 fully saturated rings. The number of hydrazine groups is 1. The first kappa shape index (κ1) is 39.2. The molecule has 2 atom stereocenters. The van der Waals surface area contributed by atoms with Crippen molar-refractivity contribution in [3.05, 3.63) is 161 Å². The van der Waals surface area contributed by atoms with Crippen LogP contribution in [0, 0.1) is 11.6 Å². The molecule has 6 rings (SSSR count). The van der Waals surface area contributed by atoms with Crippen LogP contribution in [0.15, 0.2) is 121 Å². The molecule has 0 bridgehead atoms. The third-order valence-electron chi connectivity index (χ3n) is 7.92. The monoisotopic (exact) mass is 779 g/mol. The number of hydrogen-bond acceptors (Lipinski definition) is 6. The molecule has 1 N–H and O–H groups in total. The van der Waals surface area contributed by atoms with Gasteiger partial charge in [-0.1, -0.05) is 102 Å². The molecule has 4 aromatic carbocycles. The van der Waals surface area contributed by atoms with Gasteiger partial charge in [-0.3, -0.25) is 4.99 Å². The minimum absolute atomic E-state index is 0.0535. The van der Waals surface area contributed by atoms with Crippen molar-refractivity contribution < 1.29 is 31.4 Å². The predicted octanol–water partition coefficient (Wildman–Crippen LogP) is 9.72. The summed E-state index contributed by atoms with van der Waals surface area (Å²) < 4.78 is 78.1. The van der Waals surface area contributed by atoms with Gasteiger partial charge in [0.1, 0.15) is 24.4 Å². The van der Waals surface area contributed by atoms with Crippen LogP contribution in [0.3, 0.4) is 0 Å². The lowest BCUT2D eigenvalue weighted by Crippen LogP contribution is -2.36. The SMILES string of the molecule is Fc1ccc(C(CN2CN=CN2)OCc2ccccc2C(F)(F)F)cc1.Fc1ccc(C(Cn2ccnc2)OCc2ccccc2C(Cl)(Cl)Cl)cc1. The van der Waals surface area contributed by atoms with Crippen molar-refractivity contribution in [2.45, 2.75) is 41.9 Å². The third-order valence-corrected chi connectivity index (χ3v) is 8.53. The van der Waals surface area contributed by atoms with Crippen molar-refractivity contribution in [1.29, 1.82) is 0 Å². The standard InChI is InChI=1S/C19H16Cl3FN2O.C18H17F4N3O/c20-19(21,22)17-4-2-1-3-15(17)12-26-18(11-25-10-9-24-13-25)14-5-7-16(23)8-6-14;19-15-7-5-13(6-8-15)17(9-25-12-23-11-24-25)26-10-14-3-1-2-4-16(14)18(20,21)22/h1-10,13,18H,11-12H2;1-8,11,17H,9-10,12H2,(H,23,24). The quantitative estimate of drug-likeness (QED) is 0.101. The Morgan fingerprint density at radius 3 is 1.71 bits per heavy atom. The zero-order chi connectivity index (χ0) is 37.1. The van der Waals surface area contributed by atoms with Crippen LogP contribution in [-0.4, -0.2) is 34.1 Å². The summed E-state index contributed by atoms with van der Waals surface area (Å²) in [4.78, 5) is 8.06. The van der Waals surface area contributed by atoms with E-state index in [1.165, 1.54) is 48.8 Å². The van der Waals surface area contributed by atoms with E-state index >= 15 is 0 Å². The smallest absolute Gasteiger partial charge is 0.367 e. The minimum atomic E-state index is -4.45. The predicted molar refractivity (Wildman–Crippen MR) is 190 cm³/mol. The zero-order valence-electron chi connectivity index (χ0n) is 27.4. The highest BCUT2D eigenvalue weighted by molar-refractivity contribution is 6.66. The Hall–Kier alpha value is -4.04. The van der Waals surface area contributed by atoms with E-state index in [-0.39, 0.29) is 30.7 Å². The molecule has 0 saturated carbocycles. The Morgan fingerprint density at radius 1 is 0.712 bits per heavy atom. The number of hydrogen-bond donors (Lipinski definition) is 1. The fourth-order valence-corrected chi connectivity index (χ4v) is 5.84. The Labute approximate surface area is 312 Å². The van der Waals surface area contributed by atoms with Crippen LogP contribution in [0.1, 0.15) is 45.6 Å². The lowest BCUT2D eigenvalue weighted by Gasteiger charge is -2.24. The molecule has 0 aliphatic carbocycles. The lowest BCUT2D eigenvalue weighted by atomic mass is 10.1. The van der Waals surface area contributed by atoms with E-state index in [0.717, 1.165) is 17.2 Å². The second kappa shape index (κ2) is 18.1. The van der Waals surface area contributed by atoms with Crippen LogP contribution in [0.2, 0.25) is 0 Å². The summed E-state index contributed by atoms with van der Waals surface area (Å²) in [5.74, 6) is -0.686. The zero-order valence-corrected chi connectivity index (χ0v) is 29.6. The number of aliphatic imine (C=N–C) groups is 1. The molecule has 0 saturated heterocycles. The third kappa shape index (κ3) is 11.5. The van der Waals surface area contributed by atoms with Crippen LogP contribution in [0.5, 0.6) is 0 Å². The summed E-state index contributed by atoms with van der Waals surface area (Å²) >= 11 is 18.1. The molecule has 0 amide bonds. The number of rotatable bonds is 12. The summed E-state index contributed by atoms with van der Waals surface area (Å²) in [5, 5.41) is 1.75. The number of ether oxygens (including phenoxy) is 2. The number of nitrogens with one attached hydrogen (secondary N) is 1. The maximum Gasteiger partial charge on any atom is 0.416 e. The van der Waals surface area contributed by atoms with Gasteiger partial charge >= 0.3 is 6.18 Å². The van der Waals surface area contributed by atoms with Crippen molar-refractivity contribution in [2.75, 3.05) is 13.2 Å². The summed E-state index contributed by atoms with van der Waals surface area (Å²) in [6.45, 7) is 1.31. The molecule has 274 valence electrons. The number of benzene rings is 4. The first-order valence-corrected chi connectivity index (χ1v) is 17.0. The van der Waals surface area contributed by atoms with Gasteiger partial charge < -0.3 is 19.5 Å². The van der Waals surface area contributed by atoms with Gasteiger partial charge in [0.15, 0.2) is 0 Å². The summed E-state index contributed by atoms with van der Waals surface area (Å²) in [6.07, 6.45) is 1.46. The van der Waals surface area contributed by atoms with Crippen LogP contribution in [-0.2, 0) is 39.2 Å². The van der Waals surface area contributed by atoms with E-state index in [9.17, 15) is 22.0 Å². The topological polar surface area (TPSA) is 63.9 Å². The molecular weight excluding hydrogens is 748 g/mol. The van der Waals surface area contributed by atoms with E-state index in [1.807, 2.05) is 29.0 Å². The molecule has 1 aliphatic rings.